The van der Waals surface area contributed by atoms with Crippen LogP contribution in [0.2, 0.25) is 0 Å². The van der Waals surface area contributed by atoms with E-state index < -0.39 is 32.4 Å². The number of carbonyl (C=O) groups is 2. The molecule has 0 aliphatic heterocycles. The summed E-state index contributed by atoms with van der Waals surface area (Å²) in [6.45, 7) is 0. The van der Waals surface area contributed by atoms with Gasteiger partial charge in [-0.15, -0.1) is 0 Å². The van der Waals surface area contributed by atoms with Crippen molar-refractivity contribution in [1.82, 2.24) is 0 Å². The number of benzene rings is 2. The molecule has 2 aromatic rings. The number of primary amides is 1. The molecule has 0 heterocycles. The van der Waals surface area contributed by atoms with Gasteiger partial charge in [-0.05, 0) is 23.3 Å². The number of carboxylic acids is 1. The van der Waals surface area contributed by atoms with E-state index >= 15 is 0 Å². The zero-order valence-electron chi connectivity index (χ0n) is 12.8. The number of carboxylic acid groups (broad SMARTS) is 1. The van der Waals surface area contributed by atoms with Crippen molar-refractivity contribution in [2.75, 3.05) is 5.73 Å². The van der Waals surface area contributed by atoms with Crippen molar-refractivity contribution in [3.05, 3.63) is 53.6 Å². The first-order valence-electron chi connectivity index (χ1n) is 6.88. The summed E-state index contributed by atoms with van der Waals surface area (Å²) in [6.07, 6.45) is 1.74. The standard InChI is InChI=1S/C16H15N3O5S/c17-14-11(9-4-2-1-3-5-9)8-10(6-7-12(20)21)15(25(19,23)24)13(14)16(18)22/h1-8H,17H2,(H2,18,22)(H,20,21)(H2,19,23,24)/b7-6+. The molecule has 0 radical (unpaired) electrons. The lowest BCUT2D eigenvalue weighted by Crippen LogP contribution is -2.24. The second-order valence-electron chi connectivity index (χ2n) is 5.08. The van der Waals surface area contributed by atoms with Crippen LogP contribution in [-0.2, 0) is 14.8 Å². The van der Waals surface area contributed by atoms with E-state index in [9.17, 15) is 18.0 Å². The van der Waals surface area contributed by atoms with E-state index in [1.54, 1.807) is 30.3 Å². The molecular formula is C16H15N3O5S. The van der Waals surface area contributed by atoms with Crippen LogP contribution in [0.4, 0.5) is 5.69 Å². The number of primary sulfonamides is 1. The van der Waals surface area contributed by atoms with Crippen LogP contribution in [0, 0.1) is 0 Å². The number of hydrogen-bond donors (Lipinski definition) is 4. The second kappa shape index (κ2) is 6.75. The number of nitrogen functional groups attached to an aromatic ring is 1. The highest BCUT2D eigenvalue weighted by molar-refractivity contribution is 7.89. The quantitative estimate of drug-likeness (QED) is 0.453. The highest BCUT2D eigenvalue weighted by Gasteiger charge is 2.26. The van der Waals surface area contributed by atoms with Gasteiger partial charge in [-0.25, -0.2) is 18.4 Å². The van der Waals surface area contributed by atoms with Crippen molar-refractivity contribution >= 4 is 33.7 Å². The lowest BCUT2D eigenvalue weighted by molar-refractivity contribution is -0.131. The lowest BCUT2D eigenvalue weighted by Gasteiger charge is -2.16. The second-order valence-corrected chi connectivity index (χ2v) is 6.58. The maximum atomic E-state index is 12.0. The summed E-state index contributed by atoms with van der Waals surface area (Å²) in [5.74, 6) is -2.40. The van der Waals surface area contributed by atoms with Crippen molar-refractivity contribution in [2.45, 2.75) is 4.90 Å². The minimum absolute atomic E-state index is 0.105. The van der Waals surface area contributed by atoms with Crippen LogP contribution in [0.1, 0.15) is 15.9 Å². The molecular weight excluding hydrogens is 346 g/mol. The molecule has 8 nitrogen and oxygen atoms in total. The minimum atomic E-state index is -4.40. The van der Waals surface area contributed by atoms with Crippen LogP contribution in [-0.4, -0.2) is 25.4 Å². The summed E-state index contributed by atoms with van der Waals surface area (Å²) < 4.78 is 23.9. The molecule has 0 atom stereocenters. The highest BCUT2D eigenvalue weighted by Crippen LogP contribution is 2.35. The minimum Gasteiger partial charge on any atom is -0.478 e. The Hall–Kier alpha value is -3.17. The molecule has 9 heteroatoms. The molecule has 2 rings (SSSR count). The predicted octanol–water partition coefficient (Wildman–Crippen LogP) is 0.780. The number of anilines is 1. The molecule has 0 fully saturated rings. The average Bonchev–Trinajstić information content (AvgIpc) is 2.52. The van der Waals surface area contributed by atoms with E-state index in [1.807, 2.05) is 0 Å². The Morgan fingerprint density at radius 3 is 2.20 bits per heavy atom. The monoisotopic (exact) mass is 361 g/mol. The molecule has 0 bridgehead atoms. The van der Waals surface area contributed by atoms with Gasteiger partial charge < -0.3 is 16.6 Å². The fourth-order valence-corrected chi connectivity index (χ4v) is 3.34. The third kappa shape index (κ3) is 3.84. The maximum absolute atomic E-state index is 12.0. The van der Waals surface area contributed by atoms with Crippen LogP contribution < -0.4 is 16.6 Å². The Balaban J connectivity index is 2.96. The number of aliphatic carboxylic acids is 1. The molecule has 2 aromatic carbocycles. The summed E-state index contributed by atoms with van der Waals surface area (Å²) >= 11 is 0. The summed E-state index contributed by atoms with van der Waals surface area (Å²) in [5.41, 5.74) is 11.5. The molecule has 1 amide bonds. The molecule has 7 N–H and O–H groups in total. The Labute approximate surface area is 143 Å². The molecule has 25 heavy (non-hydrogen) atoms. The van der Waals surface area contributed by atoms with E-state index in [-0.39, 0.29) is 11.3 Å². The van der Waals surface area contributed by atoms with Crippen molar-refractivity contribution < 1.29 is 23.1 Å². The third-order valence-corrected chi connectivity index (χ3v) is 4.38. The van der Waals surface area contributed by atoms with Crippen LogP contribution in [0.3, 0.4) is 0 Å². The number of amides is 1. The van der Waals surface area contributed by atoms with Gasteiger partial charge in [0.2, 0.25) is 10.0 Å². The van der Waals surface area contributed by atoms with E-state index in [4.69, 9.17) is 21.7 Å². The van der Waals surface area contributed by atoms with E-state index in [0.717, 1.165) is 12.2 Å². The molecule has 0 saturated heterocycles. The van der Waals surface area contributed by atoms with Gasteiger partial charge >= 0.3 is 5.97 Å². The first-order chi connectivity index (χ1) is 11.6. The van der Waals surface area contributed by atoms with E-state index in [1.165, 1.54) is 6.07 Å². The smallest absolute Gasteiger partial charge is 0.328 e. The van der Waals surface area contributed by atoms with Gasteiger partial charge in [0, 0.05) is 11.6 Å². The zero-order chi connectivity index (χ0) is 18.8. The van der Waals surface area contributed by atoms with Crippen LogP contribution >= 0.6 is 0 Å². The Morgan fingerprint density at radius 2 is 1.72 bits per heavy atom. The number of rotatable bonds is 5. The largest absolute Gasteiger partial charge is 0.478 e. The normalized spacial score (nSPS) is 11.6. The van der Waals surface area contributed by atoms with Crippen LogP contribution in [0.5, 0.6) is 0 Å². The van der Waals surface area contributed by atoms with E-state index in [2.05, 4.69) is 0 Å². The lowest BCUT2D eigenvalue weighted by atomic mass is 9.96. The predicted molar refractivity (Wildman–Crippen MR) is 92.9 cm³/mol. The molecule has 0 aliphatic rings. The number of nitrogens with two attached hydrogens (primary N) is 3. The van der Waals surface area contributed by atoms with Crippen molar-refractivity contribution in [3.8, 4) is 11.1 Å². The van der Waals surface area contributed by atoms with Crippen LogP contribution in [0.25, 0.3) is 17.2 Å². The fraction of sp³-hybridized carbons (Fsp3) is 0. The molecule has 130 valence electrons. The maximum Gasteiger partial charge on any atom is 0.328 e. The number of carbonyl (C=O) groups excluding carboxylic acids is 1. The third-order valence-electron chi connectivity index (χ3n) is 3.37. The number of sulfonamides is 1. The van der Waals surface area contributed by atoms with E-state index in [0.29, 0.717) is 11.1 Å². The molecule has 0 saturated carbocycles. The van der Waals surface area contributed by atoms with Crippen molar-refractivity contribution in [2.24, 2.45) is 10.9 Å². The van der Waals surface area contributed by atoms with Gasteiger partial charge in [0.1, 0.15) is 4.90 Å². The number of hydrogen-bond acceptors (Lipinski definition) is 5. The Bertz CT molecular complexity index is 983. The molecule has 0 aliphatic carbocycles. The van der Waals surface area contributed by atoms with Gasteiger partial charge in [0.05, 0.1) is 11.3 Å². The van der Waals surface area contributed by atoms with Gasteiger partial charge in [-0.1, -0.05) is 30.3 Å². The highest BCUT2D eigenvalue weighted by atomic mass is 32.2. The SMILES string of the molecule is NC(=O)c1c(N)c(-c2ccccc2)cc(/C=C/C(=O)O)c1S(N)(=O)=O. The van der Waals surface area contributed by atoms with Crippen LogP contribution in [0.15, 0.2) is 47.4 Å². The van der Waals surface area contributed by atoms with Gasteiger partial charge in [0.25, 0.3) is 5.91 Å². The zero-order valence-corrected chi connectivity index (χ0v) is 13.7. The summed E-state index contributed by atoms with van der Waals surface area (Å²) in [5, 5.41) is 14.0. The first-order valence-corrected chi connectivity index (χ1v) is 8.43. The fourth-order valence-electron chi connectivity index (χ4n) is 2.39. The van der Waals surface area contributed by atoms with Crippen molar-refractivity contribution in [1.29, 1.82) is 0 Å². The van der Waals surface area contributed by atoms with Gasteiger partial charge in [0.15, 0.2) is 0 Å². The Morgan fingerprint density at radius 1 is 1.12 bits per heavy atom. The topological polar surface area (TPSA) is 167 Å². The summed E-state index contributed by atoms with van der Waals surface area (Å²) in [4.78, 5) is 22.0. The molecule has 0 aromatic heterocycles. The molecule has 0 spiro atoms. The van der Waals surface area contributed by atoms with Gasteiger partial charge in [-0.3, -0.25) is 4.79 Å². The van der Waals surface area contributed by atoms with Crippen molar-refractivity contribution in [3.63, 3.8) is 0 Å². The average molecular weight is 361 g/mol. The van der Waals surface area contributed by atoms with Gasteiger partial charge in [-0.2, -0.15) is 0 Å². The molecule has 0 unspecified atom stereocenters. The summed E-state index contributed by atoms with van der Waals surface area (Å²) in [7, 11) is -4.40. The summed E-state index contributed by atoms with van der Waals surface area (Å²) in [6, 6.07) is 9.93. The Kier molecular flexibility index (Phi) is 4.91. The first kappa shape index (κ1) is 18.2.